The Hall–Kier alpha value is -2.55. The van der Waals surface area contributed by atoms with Gasteiger partial charge in [0, 0.05) is 56.1 Å². The van der Waals surface area contributed by atoms with E-state index >= 15 is 0 Å². The number of carbonyl (C=O) groups is 1. The normalized spacial score (nSPS) is 15.6. The topological polar surface area (TPSA) is 70.0 Å². The molecule has 0 aliphatic carbocycles. The van der Waals surface area contributed by atoms with E-state index in [9.17, 15) is 9.59 Å². The molecule has 0 spiro atoms. The Labute approximate surface area is 186 Å². The van der Waals surface area contributed by atoms with E-state index < -0.39 is 0 Å². The van der Waals surface area contributed by atoms with Gasteiger partial charge in [-0.1, -0.05) is 32.0 Å². The lowest BCUT2D eigenvalue weighted by molar-refractivity contribution is -0.117. The number of anilines is 1. The van der Waals surface area contributed by atoms with Gasteiger partial charge >= 0.3 is 0 Å². The number of hydrogen-bond donors (Lipinski definition) is 1. The minimum atomic E-state index is -0.0338. The number of nitrogens with one attached hydrogen (secondary N) is 1. The van der Waals surface area contributed by atoms with Gasteiger partial charge in [0.05, 0.1) is 12.2 Å². The van der Waals surface area contributed by atoms with Gasteiger partial charge in [0.2, 0.25) is 5.91 Å². The fourth-order valence-corrected chi connectivity index (χ4v) is 4.77. The molecule has 0 radical (unpaired) electrons. The lowest BCUT2D eigenvalue weighted by Gasteiger charge is -2.34. The Morgan fingerprint density at radius 1 is 1.19 bits per heavy atom. The summed E-state index contributed by atoms with van der Waals surface area (Å²) >= 11 is 1.47. The molecule has 0 unspecified atom stereocenters. The molecule has 1 amide bonds. The first kappa shape index (κ1) is 21.7. The second-order valence-corrected chi connectivity index (χ2v) is 9.31. The first-order valence-corrected chi connectivity index (χ1v) is 11.6. The maximum atomic E-state index is 12.7. The van der Waals surface area contributed by atoms with Crippen LogP contribution in [0.5, 0.6) is 0 Å². The summed E-state index contributed by atoms with van der Waals surface area (Å²) in [4.78, 5) is 34.7. The van der Waals surface area contributed by atoms with E-state index in [1.165, 1.54) is 16.9 Å². The van der Waals surface area contributed by atoms with Crippen LogP contribution in [0.3, 0.4) is 0 Å². The van der Waals surface area contributed by atoms with E-state index in [0.717, 1.165) is 48.1 Å². The second-order valence-electron chi connectivity index (χ2n) is 8.44. The van der Waals surface area contributed by atoms with Crippen molar-refractivity contribution in [3.05, 3.63) is 63.0 Å². The van der Waals surface area contributed by atoms with Gasteiger partial charge in [0.25, 0.3) is 5.56 Å². The Kier molecular flexibility index (Phi) is 6.50. The third-order valence-electron chi connectivity index (χ3n) is 5.77. The number of aromatic nitrogens is 2. The minimum absolute atomic E-state index is 0.0301. The Balaban J connectivity index is 1.31. The highest BCUT2D eigenvalue weighted by Gasteiger charge is 2.21. The molecule has 3 heterocycles. The summed E-state index contributed by atoms with van der Waals surface area (Å²) in [7, 11) is 0. The average Bonchev–Trinajstić information content (AvgIpc) is 3.20. The van der Waals surface area contributed by atoms with Crippen molar-refractivity contribution in [2.75, 3.05) is 38.0 Å². The van der Waals surface area contributed by atoms with Crippen LogP contribution in [0.25, 0.3) is 4.96 Å². The maximum Gasteiger partial charge on any atom is 0.258 e. The van der Waals surface area contributed by atoms with Gasteiger partial charge in [-0.15, -0.1) is 11.3 Å². The van der Waals surface area contributed by atoms with Crippen molar-refractivity contribution in [3.63, 3.8) is 0 Å². The predicted molar refractivity (Wildman–Crippen MR) is 125 cm³/mol. The molecule has 0 bridgehead atoms. The van der Waals surface area contributed by atoms with Crippen LogP contribution in [0.1, 0.15) is 36.6 Å². The number of benzene rings is 1. The number of amides is 1. The van der Waals surface area contributed by atoms with Crippen LogP contribution in [0, 0.1) is 6.92 Å². The van der Waals surface area contributed by atoms with Crippen molar-refractivity contribution in [2.24, 2.45) is 0 Å². The van der Waals surface area contributed by atoms with E-state index in [2.05, 4.69) is 40.0 Å². The zero-order valence-electron chi connectivity index (χ0n) is 18.3. The van der Waals surface area contributed by atoms with Crippen molar-refractivity contribution >= 4 is 27.9 Å². The van der Waals surface area contributed by atoms with E-state index in [4.69, 9.17) is 0 Å². The molecule has 1 fully saturated rings. The molecule has 164 valence electrons. The highest BCUT2D eigenvalue weighted by atomic mass is 32.1. The van der Waals surface area contributed by atoms with Crippen LogP contribution >= 0.6 is 11.3 Å². The lowest BCUT2D eigenvalue weighted by Crippen LogP contribution is -2.48. The van der Waals surface area contributed by atoms with Crippen LogP contribution < -0.4 is 10.9 Å². The molecule has 1 aromatic carbocycles. The Morgan fingerprint density at radius 3 is 2.68 bits per heavy atom. The molecule has 4 rings (SSSR count). The standard InChI is InChI=1S/C23H29N5O2S/c1-16(2)19-6-4-5-17(3)22(19)25-20(29)15-27-9-7-26(8-10-27)14-18-13-21(30)28-11-12-31-23(28)24-18/h4-6,11-13,16H,7-10,14-15H2,1-3H3,(H,25,29). The fraction of sp³-hybridized carbons (Fsp3) is 0.435. The van der Waals surface area contributed by atoms with Crippen LogP contribution in [0.2, 0.25) is 0 Å². The number of aryl methyl sites for hydroxylation is 1. The number of piperazine rings is 1. The van der Waals surface area contributed by atoms with E-state index in [-0.39, 0.29) is 11.5 Å². The summed E-state index contributed by atoms with van der Waals surface area (Å²) in [5.41, 5.74) is 3.98. The molecule has 3 aromatic rings. The minimum Gasteiger partial charge on any atom is -0.324 e. The monoisotopic (exact) mass is 439 g/mol. The lowest BCUT2D eigenvalue weighted by atomic mass is 9.98. The number of fused-ring (bicyclic) bond motifs is 1. The van der Waals surface area contributed by atoms with Crippen LogP contribution in [-0.2, 0) is 11.3 Å². The van der Waals surface area contributed by atoms with E-state index in [0.29, 0.717) is 19.0 Å². The fourth-order valence-electron chi connectivity index (χ4n) is 4.03. The largest absolute Gasteiger partial charge is 0.324 e. The molecule has 1 aliphatic heterocycles. The molecule has 7 nitrogen and oxygen atoms in total. The van der Waals surface area contributed by atoms with Gasteiger partial charge in [-0.2, -0.15) is 0 Å². The van der Waals surface area contributed by atoms with Gasteiger partial charge in [-0.3, -0.25) is 23.8 Å². The number of nitrogens with zero attached hydrogens (tertiary/aromatic N) is 4. The molecular formula is C23H29N5O2S. The van der Waals surface area contributed by atoms with Crippen molar-refractivity contribution in [3.8, 4) is 0 Å². The molecule has 0 atom stereocenters. The van der Waals surface area contributed by atoms with Gasteiger partial charge in [-0.05, 0) is 24.0 Å². The van der Waals surface area contributed by atoms with Crippen molar-refractivity contribution < 1.29 is 4.79 Å². The average molecular weight is 440 g/mol. The van der Waals surface area contributed by atoms with Crippen molar-refractivity contribution in [1.29, 1.82) is 0 Å². The second kappa shape index (κ2) is 9.30. The van der Waals surface area contributed by atoms with E-state index in [1.807, 2.05) is 24.4 Å². The molecule has 8 heteroatoms. The molecule has 1 N–H and O–H groups in total. The first-order chi connectivity index (χ1) is 14.9. The summed E-state index contributed by atoms with van der Waals surface area (Å²) < 4.78 is 1.57. The number of hydrogen-bond acceptors (Lipinski definition) is 6. The van der Waals surface area contributed by atoms with Crippen molar-refractivity contribution in [2.45, 2.75) is 33.2 Å². The summed E-state index contributed by atoms with van der Waals surface area (Å²) in [6.45, 7) is 10.7. The smallest absolute Gasteiger partial charge is 0.258 e. The molecule has 2 aromatic heterocycles. The third kappa shape index (κ3) is 5.03. The zero-order chi connectivity index (χ0) is 22.0. The van der Waals surface area contributed by atoms with Crippen molar-refractivity contribution in [1.82, 2.24) is 19.2 Å². The molecule has 31 heavy (non-hydrogen) atoms. The van der Waals surface area contributed by atoms with E-state index in [1.54, 1.807) is 16.7 Å². The van der Waals surface area contributed by atoms with Crippen LogP contribution in [-0.4, -0.2) is 57.8 Å². The number of carbonyl (C=O) groups excluding carboxylic acids is 1. The van der Waals surface area contributed by atoms with Gasteiger partial charge in [0.15, 0.2) is 4.96 Å². The predicted octanol–water partition coefficient (Wildman–Crippen LogP) is 2.94. The number of para-hydroxylation sites is 1. The zero-order valence-corrected chi connectivity index (χ0v) is 19.1. The number of rotatable bonds is 6. The summed E-state index contributed by atoms with van der Waals surface area (Å²) in [6, 6.07) is 7.78. The van der Waals surface area contributed by atoms with Gasteiger partial charge in [-0.25, -0.2) is 4.98 Å². The molecule has 1 saturated heterocycles. The van der Waals surface area contributed by atoms with Crippen LogP contribution in [0.4, 0.5) is 5.69 Å². The Bertz CT molecular complexity index is 1130. The van der Waals surface area contributed by atoms with Crippen LogP contribution in [0.15, 0.2) is 40.6 Å². The maximum absolute atomic E-state index is 12.7. The Morgan fingerprint density at radius 2 is 1.94 bits per heavy atom. The first-order valence-electron chi connectivity index (χ1n) is 10.7. The van der Waals surface area contributed by atoms with Gasteiger partial charge in [0.1, 0.15) is 0 Å². The quantitative estimate of drug-likeness (QED) is 0.640. The molecule has 1 aliphatic rings. The highest BCUT2D eigenvalue weighted by Crippen LogP contribution is 2.27. The highest BCUT2D eigenvalue weighted by molar-refractivity contribution is 7.15. The van der Waals surface area contributed by atoms with Gasteiger partial charge < -0.3 is 5.32 Å². The number of thiazole rings is 1. The summed E-state index contributed by atoms with van der Waals surface area (Å²) in [6.07, 6.45) is 1.75. The molecular weight excluding hydrogens is 410 g/mol. The summed E-state index contributed by atoms with van der Waals surface area (Å²) in [5.74, 6) is 0.385. The third-order valence-corrected chi connectivity index (χ3v) is 6.52. The summed E-state index contributed by atoms with van der Waals surface area (Å²) in [5, 5.41) is 5.01. The SMILES string of the molecule is Cc1cccc(C(C)C)c1NC(=O)CN1CCN(Cc2cc(=O)n3ccsc3n2)CC1. The molecule has 0 saturated carbocycles.